The van der Waals surface area contributed by atoms with Gasteiger partial charge >= 0.3 is 0 Å². The molecule has 0 saturated heterocycles. The quantitative estimate of drug-likeness (QED) is 0.753. The number of hydrogen-bond donors (Lipinski definition) is 1. The minimum atomic E-state index is -0.313. The van der Waals surface area contributed by atoms with Gasteiger partial charge in [0, 0.05) is 19.1 Å². The third-order valence-electron chi connectivity index (χ3n) is 4.33. The summed E-state index contributed by atoms with van der Waals surface area (Å²) in [6, 6.07) is 2.97. The minimum Gasteiger partial charge on any atom is -0.303 e. The third kappa shape index (κ3) is 3.24. The molecule has 1 atom stereocenters. The van der Waals surface area contributed by atoms with Crippen LogP contribution < -0.4 is 5.32 Å². The second-order valence-electron chi connectivity index (χ2n) is 6.65. The molecule has 3 heteroatoms. The van der Waals surface area contributed by atoms with Crippen LogP contribution in [0.15, 0.2) is 0 Å². The first-order valence-electron chi connectivity index (χ1n) is 7.43. The van der Waals surface area contributed by atoms with E-state index >= 15 is 0 Å². The maximum Gasteiger partial charge on any atom is 0.122 e. The Labute approximate surface area is 112 Å². The van der Waals surface area contributed by atoms with Gasteiger partial charge in [-0.3, -0.25) is 5.32 Å². The lowest BCUT2D eigenvalue weighted by molar-refractivity contribution is 0.162. The number of nitrogens with zero attached hydrogens (tertiary/aromatic N) is 2. The van der Waals surface area contributed by atoms with Crippen LogP contribution in [-0.2, 0) is 0 Å². The van der Waals surface area contributed by atoms with Gasteiger partial charge in [-0.2, -0.15) is 5.26 Å². The normalized spacial score (nSPS) is 23.8. The Kier molecular flexibility index (Phi) is 4.29. The maximum absolute atomic E-state index is 9.65. The van der Waals surface area contributed by atoms with Gasteiger partial charge in [-0.25, -0.2) is 0 Å². The maximum atomic E-state index is 9.65. The molecule has 0 aromatic rings. The fraction of sp³-hybridized carbons (Fsp3) is 0.933. The van der Waals surface area contributed by atoms with Crippen LogP contribution in [-0.4, -0.2) is 36.6 Å². The Morgan fingerprint density at radius 3 is 2.39 bits per heavy atom. The first-order valence-corrected chi connectivity index (χ1v) is 7.43. The van der Waals surface area contributed by atoms with E-state index in [1.54, 1.807) is 0 Å². The number of nitriles is 1. The number of nitrogens with one attached hydrogen (secondary N) is 1. The van der Waals surface area contributed by atoms with E-state index in [9.17, 15) is 5.26 Å². The van der Waals surface area contributed by atoms with E-state index in [4.69, 9.17) is 0 Å². The van der Waals surface area contributed by atoms with Crippen molar-refractivity contribution in [1.29, 1.82) is 5.26 Å². The molecule has 102 valence electrons. The van der Waals surface area contributed by atoms with E-state index in [0.717, 1.165) is 19.0 Å². The highest BCUT2D eigenvalue weighted by molar-refractivity contribution is 5.17. The molecule has 0 heterocycles. The Morgan fingerprint density at radius 1 is 1.33 bits per heavy atom. The third-order valence-corrected chi connectivity index (χ3v) is 4.33. The molecular weight excluding hydrogens is 222 g/mol. The summed E-state index contributed by atoms with van der Waals surface area (Å²) < 4.78 is 0. The van der Waals surface area contributed by atoms with Crippen LogP contribution >= 0.6 is 0 Å². The van der Waals surface area contributed by atoms with Gasteiger partial charge in [-0.05, 0) is 58.4 Å². The molecule has 18 heavy (non-hydrogen) atoms. The van der Waals surface area contributed by atoms with Crippen molar-refractivity contribution in [2.75, 3.05) is 20.1 Å². The largest absolute Gasteiger partial charge is 0.303 e. The van der Waals surface area contributed by atoms with Gasteiger partial charge in [0.15, 0.2) is 0 Å². The molecule has 3 nitrogen and oxygen atoms in total. The molecule has 2 fully saturated rings. The fourth-order valence-electron chi connectivity index (χ4n) is 3.15. The van der Waals surface area contributed by atoms with Crippen molar-refractivity contribution in [2.24, 2.45) is 11.8 Å². The first-order chi connectivity index (χ1) is 8.55. The molecular formula is C15H27N3. The summed E-state index contributed by atoms with van der Waals surface area (Å²) in [6.45, 7) is 6.32. The Hall–Kier alpha value is -0.590. The van der Waals surface area contributed by atoms with E-state index in [2.05, 4.69) is 37.2 Å². The summed E-state index contributed by atoms with van der Waals surface area (Å²) >= 11 is 0. The van der Waals surface area contributed by atoms with Crippen molar-refractivity contribution in [3.8, 4) is 6.07 Å². The zero-order chi connectivity index (χ0) is 13.2. The molecule has 0 aromatic heterocycles. The summed E-state index contributed by atoms with van der Waals surface area (Å²) in [4.78, 5) is 2.38. The van der Waals surface area contributed by atoms with Crippen molar-refractivity contribution in [2.45, 2.75) is 57.5 Å². The topological polar surface area (TPSA) is 39.1 Å². The molecule has 2 aliphatic carbocycles. The Balaban J connectivity index is 1.93. The summed E-state index contributed by atoms with van der Waals surface area (Å²) in [5.41, 5.74) is -0.313. The Bertz CT molecular complexity index is 312. The molecule has 2 saturated carbocycles. The molecule has 0 aliphatic heterocycles. The zero-order valence-electron chi connectivity index (χ0n) is 12.1. The van der Waals surface area contributed by atoms with E-state index in [-0.39, 0.29) is 5.54 Å². The molecule has 2 rings (SSSR count). The minimum absolute atomic E-state index is 0.313. The highest BCUT2D eigenvalue weighted by Gasteiger charge is 2.46. The van der Waals surface area contributed by atoms with Crippen LogP contribution in [0.2, 0.25) is 0 Å². The monoisotopic (exact) mass is 249 g/mol. The van der Waals surface area contributed by atoms with E-state index < -0.39 is 0 Å². The van der Waals surface area contributed by atoms with E-state index in [0.29, 0.717) is 12.0 Å². The van der Waals surface area contributed by atoms with Gasteiger partial charge in [0.25, 0.3) is 0 Å². The second kappa shape index (κ2) is 5.59. The van der Waals surface area contributed by atoms with Crippen LogP contribution in [0.3, 0.4) is 0 Å². The molecule has 0 radical (unpaired) electrons. The van der Waals surface area contributed by atoms with Crippen LogP contribution in [0, 0.1) is 23.2 Å². The average molecular weight is 249 g/mol. The van der Waals surface area contributed by atoms with Crippen molar-refractivity contribution in [3.63, 3.8) is 0 Å². The number of rotatable bonds is 7. The first kappa shape index (κ1) is 13.8. The highest BCUT2D eigenvalue weighted by Crippen LogP contribution is 2.40. The van der Waals surface area contributed by atoms with Crippen molar-refractivity contribution in [3.05, 3.63) is 0 Å². The van der Waals surface area contributed by atoms with E-state index in [1.807, 2.05) is 0 Å². The SMILES string of the molecule is CC(C)NC(C#N)(CN(C)CC1CCC1)C1CC1. The fourth-order valence-corrected chi connectivity index (χ4v) is 3.15. The molecule has 1 N–H and O–H groups in total. The zero-order valence-corrected chi connectivity index (χ0v) is 12.1. The summed E-state index contributed by atoms with van der Waals surface area (Å²) in [7, 11) is 2.18. The molecule has 0 aromatic carbocycles. The lowest BCUT2D eigenvalue weighted by atomic mass is 9.84. The van der Waals surface area contributed by atoms with Gasteiger partial charge in [-0.15, -0.1) is 0 Å². The predicted molar refractivity (Wildman–Crippen MR) is 74.2 cm³/mol. The summed E-state index contributed by atoms with van der Waals surface area (Å²) in [6.07, 6.45) is 6.58. The summed E-state index contributed by atoms with van der Waals surface area (Å²) in [5, 5.41) is 13.2. The predicted octanol–water partition coefficient (Wildman–Crippen LogP) is 2.39. The standard InChI is InChI=1S/C15H27N3/c1-12(2)17-15(10-16,14-7-8-14)11-18(3)9-13-5-4-6-13/h12-14,17H,4-9,11H2,1-3H3. The lowest BCUT2D eigenvalue weighted by Crippen LogP contribution is -2.56. The number of hydrogen-bond acceptors (Lipinski definition) is 3. The van der Waals surface area contributed by atoms with Crippen LogP contribution in [0.25, 0.3) is 0 Å². The van der Waals surface area contributed by atoms with Crippen molar-refractivity contribution < 1.29 is 0 Å². The molecule has 2 aliphatic rings. The second-order valence-corrected chi connectivity index (χ2v) is 6.65. The molecule has 1 unspecified atom stereocenters. The van der Waals surface area contributed by atoms with Gasteiger partial charge in [0.05, 0.1) is 6.07 Å². The van der Waals surface area contributed by atoms with Crippen molar-refractivity contribution in [1.82, 2.24) is 10.2 Å². The van der Waals surface area contributed by atoms with E-state index in [1.165, 1.54) is 32.1 Å². The average Bonchev–Trinajstić information content (AvgIpc) is 3.05. The van der Waals surface area contributed by atoms with Gasteiger partial charge in [0.2, 0.25) is 0 Å². The lowest BCUT2D eigenvalue weighted by Gasteiger charge is -2.37. The van der Waals surface area contributed by atoms with Crippen LogP contribution in [0.4, 0.5) is 0 Å². The van der Waals surface area contributed by atoms with Crippen LogP contribution in [0.5, 0.6) is 0 Å². The molecule has 0 spiro atoms. The highest BCUT2D eigenvalue weighted by atomic mass is 15.2. The number of likely N-dealkylation sites (N-methyl/N-ethyl adjacent to an activating group) is 1. The molecule has 0 amide bonds. The summed E-state index contributed by atoms with van der Waals surface area (Å²) in [5.74, 6) is 1.44. The van der Waals surface area contributed by atoms with Gasteiger partial charge < -0.3 is 4.90 Å². The van der Waals surface area contributed by atoms with Gasteiger partial charge in [-0.1, -0.05) is 6.42 Å². The van der Waals surface area contributed by atoms with Crippen molar-refractivity contribution >= 4 is 0 Å². The smallest absolute Gasteiger partial charge is 0.122 e. The molecule has 0 bridgehead atoms. The van der Waals surface area contributed by atoms with Crippen LogP contribution in [0.1, 0.15) is 46.0 Å². The van der Waals surface area contributed by atoms with Gasteiger partial charge in [0.1, 0.15) is 5.54 Å². The Morgan fingerprint density at radius 2 is 2.00 bits per heavy atom.